The zero-order chi connectivity index (χ0) is 18.7. The summed E-state index contributed by atoms with van der Waals surface area (Å²) in [4.78, 5) is 12.4. The van der Waals surface area contributed by atoms with E-state index in [0.717, 1.165) is 5.69 Å². The Morgan fingerprint density at radius 1 is 1.15 bits per heavy atom. The fraction of sp³-hybridized carbons (Fsp3) is 0.474. The first-order valence-corrected chi connectivity index (χ1v) is 10.5. The monoisotopic (exact) mass is 375 g/mol. The van der Waals surface area contributed by atoms with Gasteiger partial charge in [-0.15, -0.1) is 0 Å². The van der Waals surface area contributed by atoms with Crippen molar-refractivity contribution < 1.29 is 13.2 Å². The number of aryl methyl sites for hydroxylation is 2. The van der Waals surface area contributed by atoms with Crippen LogP contribution in [0.1, 0.15) is 59.8 Å². The van der Waals surface area contributed by atoms with Crippen LogP contribution in [-0.4, -0.2) is 30.7 Å². The number of hydrogen-bond donors (Lipinski definition) is 1. The molecule has 2 aromatic rings. The Kier molecular flexibility index (Phi) is 5.58. The molecule has 7 heteroatoms. The van der Waals surface area contributed by atoms with Gasteiger partial charge < -0.3 is 0 Å². The summed E-state index contributed by atoms with van der Waals surface area (Å²) in [5.41, 5.74) is 2.60. The summed E-state index contributed by atoms with van der Waals surface area (Å²) < 4.78 is 28.5. The lowest BCUT2D eigenvalue weighted by molar-refractivity contribution is 0.0900. The maximum atomic E-state index is 12.5. The summed E-state index contributed by atoms with van der Waals surface area (Å²) in [6, 6.07) is 8.82. The minimum atomic E-state index is -3.73. The highest BCUT2D eigenvalue weighted by Crippen LogP contribution is 2.32. The van der Waals surface area contributed by atoms with Gasteiger partial charge in [-0.05, 0) is 56.4 Å². The van der Waals surface area contributed by atoms with E-state index in [1.165, 1.54) is 42.3 Å². The van der Waals surface area contributed by atoms with Gasteiger partial charge in [0.2, 0.25) is 10.0 Å². The van der Waals surface area contributed by atoms with Crippen molar-refractivity contribution in [1.82, 2.24) is 14.5 Å². The Hall–Kier alpha value is -1.99. The molecule has 1 aromatic carbocycles. The number of carbonyl (C=O) groups is 1. The van der Waals surface area contributed by atoms with Crippen molar-refractivity contribution >= 4 is 15.9 Å². The van der Waals surface area contributed by atoms with Gasteiger partial charge in [0.25, 0.3) is 5.91 Å². The molecule has 1 aliphatic carbocycles. The molecule has 1 aliphatic rings. The number of benzene rings is 1. The molecule has 0 amide bonds. The molecule has 1 N–H and O–H groups in total. The lowest BCUT2D eigenvalue weighted by atomic mass is 9.84. The first-order valence-electron chi connectivity index (χ1n) is 9.03. The van der Waals surface area contributed by atoms with Gasteiger partial charge in [-0.25, -0.2) is 17.8 Å². The summed E-state index contributed by atoms with van der Waals surface area (Å²) in [5.74, 6) is 0.124. The Morgan fingerprint density at radius 3 is 2.38 bits per heavy atom. The van der Waals surface area contributed by atoms with Crippen LogP contribution < -0.4 is 4.72 Å². The number of hydrogen-bond acceptors (Lipinski definition) is 4. The van der Waals surface area contributed by atoms with Gasteiger partial charge >= 0.3 is 0 Å². The molecule has 3 rings (SSSR count). The van der Waals surface area contributed by atoms with Crippen molar-refractivity contribution in [2.75, 3.05) is 6.54 Å². The second-order valence-electron chi connectivity index (χ2n) is 6.96. The lowest BCUT2D eigenvalue weighted by Gasteiger charge is -2.22. The summed E-state index contributed by atoms with van der Waals surface area (Å²) in [6.45, 7) is 3.22. The van der Waals surface area contributed by atoms with Crippen LogP contribution in [-0.2, 0) is 10.0 Å². The van der Waals surface area contributed by atoms with Crippen LogP contribution in [0, 0.1) is 13.8 Å². The average Bonchev–Trinajstić information content (AvgIpc) is 2.99. The van der Waals surface area contributed by atoms with Crippen LogP contribution in [0.5, 0.6) is 0 Å². The highest BCUT2D eigenvalue weighted by atomic mass is 32.2. The van der Waals surface area contributed by atoms with Crippen molar-refractivity contribution in [3.05, 3.63) is 47.3 Å². The summed E-state index contributed by atoms with van der Waals surface area (Å²) in [5, 5.41) is 4.08. The van der Waals surface area contributed by atoms with Gasteiger partial charge in [-0.2, -0.15) is 5.10 Å². The van der Waals surface area contributed by atoms with Crippen molar-refractivity contribution in [2.45, 2.75) is 56.8 Å². The third-order valence-corrected chi connectivity index (χ3v) is 6.34. The Bertz CT molecular complexity index is 879. The van der Waals surface area contributed by atoms with E-state index in [1.54, 1.807) is 32.0 Å². The summed E-state index contributed by atoms with van der Waals surface area (Å²) in [6.07, 6.45) is 6.10. The molecule has 0 atom stereocenters. The van der Waals surface area contributed by atoms with Crippen LogP contribution in [0.4, 0.5) is 0 Å². The molecular formula is C19H25N3O3S. The predicted octanol–water partition coefficient (Wildman–Crippen LogP) is 3.17. The zero-order valence-corrected chi connectivity index (χ0v) is 16.1. The number of aromatic nitrogens is 2. The molecule has 1 saturated carbocycles. The largest absolute Gasteiger partial charge is 0.271 e. The average molecular weight is 375 g/mol. The molecule has 140 valence electrons. The number of carbonyl (C=O) groups excluding carboxylic acids is 1. The zero-order valence-electron chi connectivity index (χ0n) is 15.2. The highest BCUT2D eigenvalue weighted by molar-refractivity contribution is 7.89. The van der Waals surface area contributed by atoms with Gasteiger partial charge in [0, 0.05) is 5.69 Å². The SMILES string of the molecule is Cc1cc(C)n(C(=O)CNS(=O)(=O)c2ccc(C3CCCCC3)cc2)n1. The number of sulfonamides is 1. The summed E-state index contributed by atoms with van der Waals surface area (Å²) in [7, 11) is -3.73. The van der Waals surface area contributed by atoms with Crippen LogP contribution in [0.3, 0.4) is 0 Å². The van der Waals surface area contributed by atoms with Gasteiger partial charge in [-0.1, -0.05) is 31.4 Å². The van der Waals surface area contributed by atoms with E-state index in [4.69, 9.17) is 0 Å². The molecule has 0 spiro atoms. The van der Waals surface area contributed by atoms with Gasteiger partial charge in [0.15, 0.2) is 0 Å². The smallest absolute Gasteiger partial charge is 0.262 e. The molecular weight excluding hydrogens is 350 g/mol. The van der Waals surface area contributed by atoms with Crippen LogP contribution >= 0.6 is 0 Å². The van der Waals surface area contributed by atoms with Crippen molar-refractivity contribution in [3.8, 4) is 0 Å². The number of nitrogens with zero attached hydrogens (tertiary/aromatic N) is 2. The van der Waals surface area contributed by atoms with Crippen LogP contribution in [0.25, 0.3) is 0 Å². The number of nitrogens with one attached hydrogen (secondary N) is 1. The number of rotatable bonds is 5. The molecule has 26 heavy (non-hydrogen) atoms. The maximum Gasteiger partial charge on any atom is 0.262 e. The molecule has 0 radical (unpaired) electrons. The van der Waals surface area contributed by atoms with Gasteiger partial charge in [-0.3, -0.25) is 4.79 Å². The Balaban J connectivity index is 1.66. The Morgan fingerprint density at radius 2 is 1.81 bits per heavy atom. The molecule has 1 aromatic heterocycles. The molecule has 0 bridgehead atoms. The third-order valence-electron chi connectivity index (χ3n) is 4.93. The van der Waals surface area contributed by atoms with E-state index < -0.39 is 15.9 Å². The first-order chi connectivity index (χ1) is 12.4. The topological polar surface area (TPSA) is 81.1 Å². The van der Waals surface area contributed by atoms with E-state index in [1.807, 2.05) is 12.1 Å². The molecule has 0 saturated heterocycles. The predicted molar refractivity (Wildman–Crippen MR) is 99.8 cm³/mol. The first kappa shape index (κ1) is 18.8. The second kappa shape index (κ2) is 7.72. The standard InChI is InChI=1S/C19H25N3O3S/c1-14-12-15(2)22(21-14)19(23)13-20-26(24,25)18-10-8-17(9-11-18)16-6-4-3-5-7-16/h8-12,16,20H,3-7,13H2,1-2H3. The minimum absolute atomic E-state index is 0.179. The highest BCUT2D eigenvalue weighted by Gasteiger charge is 2.19. The van der Waals surface area contributed by atoms with Crippen molar-refractivity contribution in [3.63, 3.8) is 0 Å². The van der Waals surface area contributed by atoms with E-state index in [9.17, 15) is 13.2 Å². The molecule has 0 unspecified atom stereocenters. The third kappa shape index (κ3) is 4.22. The maximum absolute atomic E-state index is 12.5. The van der Waals surface area contributed by atoms with E-state index >= 15 is 0 Å². The van der Waals surface area contributed by atoms with Crippen LogP contribution in [0.15, 0.2) is 35.2 Å². The van der Waals surface area contributed by atoms with E-state index in [-0.39, 0.29) is 11.4 Å². The summed E-state index contributed by atoms with van der Waals surface area (Å²) >= 11 is 0. The Labute approximate surface area is 154 Å². The normalized spacial score (nSPS) is 15.9. The van der Waals surface area contributed by atoms with E-state index in [0.29, 0.717) is 11.6 Å². The lowest BCUT2D eigenvalue weighted by Crippen LogP contribution is -2.33. The fourth-order valence-corrected chi connectivity index (χ4v) is 4.53. The minimum Gasteiger partial charge on any atom is -0.271 e. The molecule has 0 aliphatic heterocycles. The van der Waals surface area contributed by atoms with Gasteiger partial charge in [0.05, 0.1) is 17.1 Å². The molecule has 6 nitrogen and oxygen atoms in total. The van der Waals surface area contributed by atoms with Crippen molar-refractivity contribution in [1.29, 1.82) is 0 Å². The van der Waals surface area contributed by atoms with Crippen LogP contribution in [0.2, 0.25) is 0 Å². The van der Waals surface area contributed by atoms with Gasteiger partial charge in [0.1, 0.15) is 0 Å². The fourth-order valence-electron chi connectivity index (χ4n) is 3.55. The second-order valence-corrected chi connectivity index (χ2v) is 8.73. The molecule has 1 heterocycles. The van der Waals surface area contributed by atoms with Crippen molar-refractivity contribution in [2.24, 2.45) is 0 Å². The quantitative estimate of drug-likeness (QED) is 0.870. The molecule has 1 fully saturated rings. The van der Waals surface area contributed by atoms with E-state index in [2.05, 4.69) is 9.82 Å².